The monoisotopic (exact) mass is 426 g/mol. The molecule has 0 aromatic carbocycles. The quantitative estimate of drug-likeness (QED) is 0.422. The first-order valence-electron chi connectivity index (χ1n) is 7.96. The van der Waals surface area contributed by atoms with E-state index in [2.05, 4.69) is 4.98 Å². The van der Waals surface area contributed by atoms with Crippen LogP contribution in [0.4, 0.5) is 0 Å². The molecule has 2 fully saturated rings. The third kappa shape index (κ3) is 4.33. The van der Waals surface area contributed by atoms with E-state index in [4.69, 9.17) is 14.0 Å². The van der Waals surface area contributed by atoms with Crippen molar-refractivity contribution in [1.29, 1.82) is 0 Å². The van der Waals surface area contributed by atoms with Gasteiger partial charge in [0.25, 0.3) is 5.56 Å². The molecule has 0 radical (unpaired) electrons. The third-order valence-corrected chi connectivity index (χ3v) is 6.69. The van der Waals surface area contributed by atoms with Crippen LogP contribution in [-0.2, 0) is 23.1 Å². The van der Waals surface area contributed by atoms with Gasteiger partial charge in [0.2, 0.25) is 0 Å². The molecular formula is C13H20N2O10P2. The first-order chi connectivity index (χ1) is 12.4. The van der Waals surface area contributed by atoms with E-state index in [0.717, 1.165) is 17.3 Å². The second-order valence-corrected chi connectivity index (χ2v) is 10.3. The minimum atomic E-state index is -4.37. The van der Waals surface area contributed by atoms with Gasteiger partial charge < -0.3 is 24.2 Å². The molecule has 2 heterocycles. The van der Waals surface area contributed by atoms with Crippen molar-refractivity contribution in [3.05, 3.63) is 33.1 Å². The lowest BCUT2D eigenvalue weighted by Gasteiger charge is -2.24. The average molecular weight is 426 g/mol. The number of rotatable bonds is 6. The number of aromatic amines is 1. The number of nitrogens with one attached hydrogen (secondary N) is 1. The summed E-state index contributed by atoms with van der Waals surface area (Å²) in [6.45, 7) is 0.962. The van der Waals surface area contributed by atoms with E-state index >= 15 is 0 Å². The Labute approximate surface area is 152 Å². The highest BCUT2D eigenvalue weighted by atomic mass is 31.2. The third-order valence-electron chi connectivity index (χ3n) is 4.60. The van der Waals surface area contributed by atoms with Crippen LogP contribution in [0.25, 0.3) is 0 Å². The number of hydrogen-bond donors (Lipinski definition) is 4. The molecule has 7 unspecified atom stereocenters. The predicted molar refractivity (Wildman–Crippen MR) is 90.6 cm³/mol. The van der Waals surface area contributed by atoms with E-state index in [1.54, 1.807) is 0 Å². The molecule has 1 aliphatic carbocycles. The highest BCUT2D eigenvalue weighted by Gasteiger charge is 2.61. The van der Waals surface area contributed by atoms with Gasteiger partial charge in [0, 0.05) is 32.0 Å². The predicted octanol–water partition coefficient (Wildman–Crippen LogP) is -0.784. The number of nitrogens with zero attached hydrogens (tertiary/aromatic N) is 1. The Bertz CT molecular complexity index is 916. The zero-order valence-electron chi connectivity index (χ0n) is 14.4. The molecule has 3 rings (SSSR count). The molecule has 0 amide bonds. The van der Waals surface area contributed by atoms with Crippen molar-refractivity contribution in [2.75, 3.05) is 13.8 Å². The number of H-pyrrole nitrogens is 1. The van der Waals surface area contributed by atoms with Gasteiger partial charge in [-0.2, -0.15) is 0 Å². The minimum Gasteiger partial charge on any atom is -0.374 e. The van der Waals surface area contributed by atoms with E-state index in [0.29, 0.717) is 0 Å². The van der Waals surface area contributed by atoms with E-state index in [9.17, 15) is 33.4 Å². The molecule has 1 aromatic rings. The molecule has 1 aliphatic heterocycles. The molecule has 1 saturated carbocycles. The van der Waals surface area contributed by atoms with Gasteiger partial charge in [-0.15, -0.1) is 0 Å². The van der Waals surface area contributed by atoms with Crippen LogP contribution in [-0.4, -0.2) is 62.0 Å². The van der Waals surface area contributed by atoms with Crippen LogP contribution in [0.5, 0.6) is 0 Å². The van der Waals surface area contributed by atoms with Gasteiger partial charge in [0.1, 0.15) is 12.2 Å². The van der Waals surface area contributed by atoms with E-state index in [1.165, 1.54) is 13.3 Å². The summed E-state index contributed by atoms with van der Waals surface area (Å²) >= 11 is 0. The van der Waals surface area contributed by atoms with Crippen LogP contribution in [0.1, 0.15) is 12.6 Å². The lowest BCUT2D eigenvalue weighted by Crippen LogP contribution is -2.39. The van der Waals surface area contributed by atoms with Gasteiger partial charge in [-0.1, -0.05) is 0 Å². The van der Waals surface area contributed by atoms with Crippen molar-refractivity contribution in [1.82, 2.24) is 9.55 Å². The zero-order valence-corrected chi connectivity index (χ0v) is 16.2. The minimum absolute atomic E-state index is 0.137. The van der Waals surface area contributed by atoms with Crippen molar-refractivity contribution in [3.8, 4) is 0 Å². The Morgan fingerprint density at radius 3 is 2.41 bits per heavy atom. The van der Waals surface area contributed by atoms with Gasteiger partial charge in [-0.25, -0.2) is 4.79 Å². The molecule has 1 aromatic heterocycles. The highest BCUT2D eigenvalue weighted by Crippen LogP contribution is 2.62. The van der Waals surface area contributed by atoms with E-state index in [-0.39, 0.29) is 6.42 Å². The van der Waals surface area contributed by atoms with E-state index < -0.39 is 62.6 Å². The van der Waals surface area contributed by atoms with Gasteiger partial charge in [0.15, 0.2) is 6.23 Å². The number of hydrogen-bond acceptors (Lipinski definition) is 7. The second kappa shape index (κ2) is 7.06. The molecular weight excluding hydrogens is 406 g/mol. The smallest absolute Gasteiger partial charge is 0.330 e. The van der Waals surface area contributed by atoms with Crippen LogP contribution in [0.2, 0.25) is 0 Å². The number of aromatic nitrogens is 2. The van der Waals surface area contributed by atoms with Gasteiger partial charge in [0.05, 0.1) is 11.8 Å². The maximum Gasteiger partial charge on any atom is 0.330 e. The first-order valence-corrected chi connectivity index (χ1v) is 11.7. The fourth-order valence-corrected chi connectivity index (χ4v) is 5.28. The van der Waals surface area contributed by atoms with Crippen LogP contribution in [0.15, 0.2) is 21.9 Å². The highest BCUT2D eigenvalue weighted by molar-refractivity contribution is 7.53. The Morgan fingerprint density at radius 2 is 1.93 bits per heavy atom. The van der Waals surface area contributed by atoms with Gasteiger partial charge in [-0.05, 0) is 6.42 Å². The SMILES string of the molecule is COC1C(OP(C)(=O)O)C(C2CC2P(=O)(O)O)OC1n1ccc(=O)[nH]c1=O. The molecule has 1 saturated heterocycles. The van der Waals surface area contributed by atoms with Gasteiger partial charge in [-0.3, -0.25) is 28.0 Å². The van der Waals surface area contributed by atoms with Gasteiger partial charge >= 0.3 is 20.9 Å². The standard InChI is InChI=1S/C13H20N2O10P2/c1-23-11-10(25-26(2,18)19)9(6-5-7(6)27(20,21)22)24-12(11)15-4-3-8(16)14-13(15)17/h3-4,6-7,9-12H,5H2,1-2H3,(H,18,19)(H,14,16,17)(H2,20,21,22). The Kier molecular flexibility index (Phi) is 5.39. The molecule has 2 aliphatic rings. The topological polar surface area (TPSA) is 177 Å². The average Bonchev–Trinajstić information content (AvgIpc) is 3.24. The summed E-state index contributed by atoms with van der Waals surface area (Å²) in [5, 5.41) is 0. The largest absolute Gasteiger partial charge is 0.374 e. The lowest BCUT2D eigenvalue weighted by atomic mass is 10.1. The Balaban J connectivity index is 1.97. The number of methoxy groups -OCH3 is 1. The molecule has 14 heteroatoms. The maximum atomic E-state index is 12.1. The molecule has 27 heavy (non-hydrogen) atoms. The summed E-state index contributed by atoms with van der Waals surface area (Å²) in [7, 11) is -7.11. The summed E-state index contributed by atoms with van der Waals surface area (Å²) in [5.41, 5.74) is -2.38. The summed E-state index contributed by atoms with van der Waals surface area (Å²) in [5.74, 6) is -0.636. The van der Waals surface area contributed by atoms with Crippen LogP contribution in [0, 0.1) is 5.92 Å². The van der Waals surface area contributed by atoms with Crippen molar-refractivity contribution < 1.29 is 37.8 Å². The summed E-state index contributed by atoms with van der Waals surface area (Å²) < 4.78 is 40.7. The van der Waals surface area contributed by atoms with Crippen molar-refractivity contribution in [3.63, 3.8) is 0 Å². The number of ether oxygens (including phenoxy) is 2. The van der Waals surface area contributed by atoms with Crippen molar-refractivity contribution >= 4 is 15.2 Å². The fourth-order valence-electron chi connectivity index (χ4n) is 3.40. The maximum absolute atomic E-state index is 12.1. The molecule has 0 spiro atoms. The molecule has 0 bridgehead atoms. The fraction of sp³-hybridized carbons (Fsp3) is 0.692. The van der Waals surface area contributed by atoms with Crippen LogP contribution in [0.3, 0.4) is 0 Å². The summed E-state index contributed by atoms with van der Waals surface area (Å²) in [4.78, 5) is 53.8. The molecule has 7 atom stereocenters. The molecule has 152 valence electrons. The van der Waals surface area contributed by atoms with Crippen molar-refractivity contribution in [2.24, 2.45) is 5.92 Å². The first kappa shape index (κ1) is 20.6. The lowest BCUT2D eigenvalue weighted by molar-refractivity contribution is -0.0570. The van der Waals surface area contributed by atoms with E-state index in [1.807, 2.05) is 0 Å². The van der Waals surface area contributed by atoms with Crippen molar-refractivity contribution in [2.45, 2.75) is 36.6 Å². The second-order valence-electron chi connectivity index (χ2n) is 6.64. The van der Waals surface area contributed by atoms with Crippen LogP contribution < -0.4 is 11.2 Å². The molecule has 12 nitrogen and oxygen atoms in total. The molecule has 4 N–H and O–H groups in total. The Hall–Kier alpha value is -1.10. The zero-order chi connectivity index (χ0) is 20.1. The summed E-state index contributed by atoms with van der Waals surface area (Å²) in [6.07, 6.45) is -2.98. The normalized spacial score (nSPS) is 35.7. The van der Waals surface area contributed by atoms with Crippen LogP contribution >= 0.6 is 15.2 Å². The summed E-state index contributed by atoms with van der Waals surface area (Å²) in [6, 6.07) is 1.09. The Morgan fingerprint density at radius 1 is 1.26 bits per heavy atom.